The molecule has 0 atom stereocenters. The molecule has 0 aliphatic heterocycles. The molecule has 3 N–H and O–H groups in total. The van der Waals surface area contributed by atoms with Crippen LogP contribution in [0.5, 0.6) is 5.75 Å². The van der Waals surface area contributed by atoms with Gasteiger partial charge in [-0.05, 0) is 31.2 Å². The van der Waals surface area contributed by atoms with Crippen molar-refractivity contribution in [2.45, 2.75) is 6.92 Å². The zero-order chi connectivity index (χ0) is 19.2. The van der Waals surface area contributed by atoms with Gasteiger partial charge in [0, 0.05) is 5.69 Å². The van der Waals surface area contributed by atoms with E-state index in [1.165, 1.54) is 7.11 Å². The van der Waals surface area contributed by atoms with Crippen molar-refractivity contribution in [1.82, 2.24) is 4.98 Å². The lowest BCUT2D eigenvalue weighted by molar-refractivity contribution is 0.103. The smallest absolute Gasteiger partial charge is 0.325 e. The highest BCUT2D eigenvalue weighted by Gasteiger charge is 2.17. The molecule has 0 saturated heterocycles. The minimum absolute atomic E-state index is 0.269. The van der Waals surface area contributed by atoms with Gasteiger partial charge in [-0.1, -0.05) is 41.7 Å². The number of benzene rings is 2. The van der Waals surface area contributed by atoms with Gasteiger partial charge in [0.1, 0.15) is 10.6 Å². The number of thiazole rings is 1. The Balaban J connectivity index is 1.67. The van der Waals surface area contributed by atoms with Gasteiger partial charge in [0.15, 0.2) is 5.13 Å². The number of amides is 3. The zero-order valence-electron chi connectivity index (χ0n) is 14.8. The van der Waals surface area contributed by atoms with Gasteiger partial charge in [0.05, 0.1) is 18.5 Å². The van der Waals surface area contributed by atoms with Gasteiger partial charge in [0.2, 0.25) is 0 Å². The summed E-state index contributed by atoms with van der Waals surface area (Å²) in [7, 11) is 1.53. The lowest BCUT2D eigenvalue weighted by Gasteiger charge is -2.09. The molecule has 0 radical (unpaired) electrons. The fraction of sp³-hybridized carbons (Fsp3) is 0.105. The predicted molar refractivity (Wildman–Crippen MR) is 107 cm³/mol. The summed E-state index contributed by atoms with van der Waals surface area (Å²) in [6, 6.07) is 15.7. The second kappa shape index (κ2) is 8.33. The lowest BCUT2D eigenvalue weighted by atomic mass is 10.3. The largest absolute Gasteiger partial charge is 0.495 e. The number of methoxy groups -OCH3 is 1. The summed E-state index contributed by atoms with van der Waals surface area (Å²) in [5.41, 5.74) is 1.77. The monoisotopic (exact) mass is 382 g/mol. The van der Waals surface area contributed by atoms with Crippen LogP contribution in [0, 0.1) is 6.92 Å². The molecule has 2 aromatic carbocycles. The van der Waals surface area contributed by atoms with Gasteiger partial charge in [-0.25, -0.2) is 9.78 Å². The first-order valence-corrected chi connectivity index (χ1v) is 8.93. The van der Waals surface area contributed by atoms with Crippen LogP contribution in [-0.4, -0.2) is 24.0 Å². The number of hydrogen-bond donors (Lipinski definition) is 3. The number of nitrogens with one attached hydrogen (secondary N) is 3. The van der Waals surface area contributed by atoms with Crippen molar-refractivity contribution < 1.29 is 14.3 Å². The van der Waals surface area contributed by atoms with Crippen molar-refractivity contribution in [3.8, 4) is 5.75 Å². The van der Waals surface area contributed by atoms with Crippen molar-refractivity contribution in [3.05, 3.63) is 65.2 Å². The van der Waals surface area contributed by atoms with Gasteiger partial charge in [0.25, 0.3) is 5.91 Å². The summed E-state index contributed by atoms with van der Waals surface area (Å²) >= 11 is 1.11. The van der Waals surface area contributed by atoms with E-state index in [0.717, 1.165) is 11.3 Å². The fourth-order valence-corrected chi connectivity index (χ4v) is 3.23. The topological polar surface area (TPSA) is 92.3 Å². The van der Waals surface area contributed by atoms with Crippen LogP contribution in [0.25, 0.3) is 0 Å². The van der Waals surface area contributed by atoms with E-state index in [4.69, 9.17) is 4.74 Å². The second-order valence-corrected chi connectivity index (χ2v) is 6.53. The highest BCUT2D eigenvalue weighted by atomic mass is 32.1. The Morgan fingerprint density at radius 1 is 0.963 bits per heavy atom. The van der Waals surface area contributed by atoms with E-state index in [1.54, 1.807) is 37.3 Å². The van der Waals surface area contributed by atoms with E-state index in [1.807, 2.05) is 24.3 Å². The number of para-hydroxylation sites is 3. The lowest BCUT2D eigenvalue weighted by Crippen LogP contribution is -2.19. The van der Waals surface area contributed by atoms with Crippen LogP contribution in [0.15, 0.2) is 54.6 Å². The summed E-state index contributed by atoms with van der Waals surface area (Å²) in [4.78, 5) is 29.3. The Morgan fingerprint density at radius 2 is 1.67 bits per heavy atom. The maximum atomic E-state index is 12.4. The number of urea groups is 1. The Kier molecular flexibility index (Phi) is 5.68. The summed E-state index contributed by atoms with van der Waals surface area (Å²) in [5, 5.41) is 8.48. The van der Waals surface area contributed by atoms with Crippen LogP contribution < -0.4 is 20.7 Å². The van der Waals surface area contributed by atoms with Crippen LogP contribution in [0.3, 0.4) is 0 Å². The minimum Gasteiger partial charge on any atom is -0.495 e. The number of ether oxygens (including phenoxy) is 1. The summed E-state index contributed by atoms with van der Waals surface area (Å²) in [6.07, 6.45) is 0. The van der Waals surface area contributed by atoms with Crippen LogP contribution in [-0.2, 0) is 0 Å². The molecule has 0 aliphatic rings. The molecule has 1 aromatic heterocycles. The Labute approximate surface area is 160 Å². The molecule has 0 spiro atoms. The van der Waals surface area contributed by atoms with Crippen molar-refractivity contribution in [1.29, 1.82) is 0 Å². The van der Waals surface area contributed by atoms with Crippen LogP contribution in [0.2, 0.25) is 0 Å². The van der Waals surface area contributed by atoms with Gasteiger partial charge in [-0.2, -0.15) is 0 Å². The number of anilines is 3. The molecule has 7 nitrogen and oxygen atoms in total. The zero-order valence-corrected chi connectivity index (χ0v) is 15.6. The molecule has 3 amide bonds. The van der Waals surface area contributed by atoms with Crippen LogP contribution >= 0.6 is 11.3 Å². The number of aryl methyl sites for hydroxylation is 1. The second-order valence-electron chi connectivity index (χ2n) is 5.53. The molecule has 0 fully saturated rings. The summed E-state index contributed by atoms with van der Waals surface area (Å²) in [5.74, 6) is 0.278. The summed E-state index contributed by atoms with van der Waals surface area (Å²) < 4.78 is 5.20. The van der Waals surface area contributed by atoms with Crippen LogP contribution in [0.4, 0.5) is 21.3 Å². The quantitative estimate of drug-likeness (QED) is 0.611. The van der Waals surface area contributed by atoms with Crippen molar-refractivity contribution in [2.24, 2.45) is 0 Å². The van der Waals surface area contributed by atoms with E-state index >= 15 is 0 Å². The number of carbonyl (C=O) groups excluding carboxylic acids is 2. The summed E-state index contributed by atoms with van der Waals surface area (Å²) in [6.45, 7) is 1.72. The van der Waals surface area contributed by atoms with E-state index in [9.17, 15) is 9.59 Å². The standard InChI is InChI=1S/C19H18N4O3S/c1-12-16(17(24)21-13-8-4-3-5-9-13)27-19(20-12)23-18(25)22-14-10-6-7-11-15(14)26-2/h3-11H,1-2H3,(H,21,24)(H2,20,22,23,25). The van der Waals surface area contributed by atoms with Crippen molar-refractivity contribution in [2.75, 3.05) is 23.1 Å². The number of aromatic nitrogens is 1. The van der Waals surface area contributed by atoms with E-state index in [2.05, 4.69) is 20.9 Å². The van der Waals surface area contributed by atoms with Gasteiger partial charge >= 0.3 is 6.03 Å². The van der Waals surface area contributed by atoms with Gasteiger partial charge < -0.3 is 15.4 Å². The first-order valence-electron chi connectivity index (χ1n) is 8.11. The third-order valence-corrected chi connectivity index (χ3v) is 4.68. The average Bonchev–Trinajstić information content (AvgIpc) is 3.03. The first-order chi connectivity index (χ1) is 13.1. The number of rotatable bonds is 5. The molecule has 27 heavy (non-hydrogen) atoms. The molecule has 138 valence electrons. The minimum atomic E-state index is -0.469. The van der Waals surface area contributed by atoms with E-state index in [-0.39, 0.29) is 5.91 Å². The predicted octanol–water partition coefficient (Wildman–Crippen LogP) is 4.36. The molecule has 1 heterocycles. The van der Waals surface area contributed by atoms with Crippen molar-refractivity contribution in [3.63, 3.8) is 0 Å². The van der Waals surface area contributed by atoms with E-state index in [0.29, 0.717) is 32.8 Å². The Morgan fingerprint density at radius 3 is 2.41 bits per heavy atom. The van der Waals surface area contributed by atoms with Crippen molar-refractivity contribution >= 4 is 39.8 Å². The molecule has 3 rings (SSSR count). The van der Waals surface area contributed by atoms with Gasteiger partial charge in [-0.15, -0.1) is 0 Å². The number of nitrogens with zero attached hydrogens (tertiary/aromatic N) is 1. The molecular formula is C19H18N4O3S. The maximum Gasteiger partial charge on any atom is 0.325 e. The van der Waals surface area contributed by atoms with Gasteiger partial charge in [-0.3, -0.25) is 10.1 Å². The number of hydrogen-bond acceptors (Lipinski definition) is 5. The molecule has 0 bridgehead atoms. The molecule has 0 unspecified atom stereocenters. The first kappa shape index (κ1) is 18.4. The Bertz CT molecular complexity index is 957. The third kappa shape index (κ3) is 4.62. The third-order valence-electron chi connectivity index (χ3n) is 3.61. The fourth-order valence-electron chi connectivity index (χ4n) is 2.37. The highest BCUT2D eigenvalue weighted by molar-refractivity contribution is 7.17. The molecule has 8 heteroatoms. The number of carbonyl (C=O) groups is 2. The van der Waals surface area contributed by atoms with Crippen LogP contribution in [0.1, 0.15) is 15.4 Å². The molecule has 0 aliphatic carbocycles. The molecule has 3 aromatic rings. The maximum absolute atomic E-state index is 12.4. The SMILES string of the molecule is COc1ccccc1NC(=O)Nc1nc(C)c(C(=O)Nc2ccccc2)s1. The molecule has 0 saturated carbocycles. The average molecular weight is 382 g/mol. The molecular weight excluding hydrogens is 364 g/mol. The van der Waals surface area contributed by atoms with E-state index < -0.39 is 6.03 Å². The Hall–Kier alpha value is -3.39. The highest BCUT2D eigenvalue weighted by Crippen LogP contribution is 2.26. The normalized spacial score (nSPS) is 10.1.